The molecule has 2 aromatic carbocycles. The molecule has 1 aliphatic heterocycles. The highest BCUT2D eigenvalue weighted by atomic mass is 19.4. The Labute approximate surface area is 192 Å². The van der Waals surface area contributed by atoms with E-state index in [1.165, 1.54) is 24.3 Å². The number of amides is 1. The van der Waals surface area contributed by atoms with Crippen LogP contribution in [0.5, 0.6) is 11.5 Å². The molecule has 174 valence electrons. The van der Waals surface area contributed by atoms with Gasteiger partial charge in [0.05, 0.1) is 18.3 Å². The molecule has 1 N–H and O–H groups in total. The Morgan fingerprint density at radius 1 is 1.18 bits per heavy atom. The van der Waals surface area contributed by atoms with Crippen molar-refractivity contribution >= 4 is 16.8 Å². The second-order valence-electron chi connectivity index (χ2n) is 7.92. The number of ether oxygens (including phenoxy) is 2. The molecule has 1 unspecified atom stereocenters. The Morgan fingerprint density at radius 2 is 1.97 bits per heavy atom. The predicted molar refractivity (Wildman–Crippen MR) is 116 cm³/mol. The topological polar surface area (TPSA) is 78.3 Å². The molecule has 0 bridgehead atoms. The summed E-state index contributed by atoms with van der Waals surface area (Å²) in [6, 6.07) is 14.1. The predicted octanol–water partition coefficient (Wildman–Crippen LogP) is 4.32. The third-order valence-corrected chi connectivity index (χ3v) is 5.83. The average molecular weight is 468 g/mol. The molecular formula is C24H19F3N4O3. The third kappa shape index (κ3) is 3.91. The molecule has 5 rings (SSSR count). The fourth-order valence-corrected chi connectivity index (χ4v) is 4.23. The molecular weight excluding hydrogens is 449 g/mol. The number of aromatic nitrogens is 3. The number of pyridine rings is 1. The Hall–Kier alpha value is -4.08. The highest BCUT2D eigenvalue weighted by Crippen LogP contribution is 2.41. The lowest BCUT2D eigenvalue weighted by molar-refractivity contribution is -0.274. The third-order valence-electron chi connectivity index (χ3n) is 5.83. The van der Waals surface area contributed by atoms with E-state index in [4.69, 9.17) is 4.74 Å². The normalized spacial score (nSPS) is 17.6. The van der Waals surface area contributed by atoms with Crippen LogP contribution in [0, 0.1) is 0 Å². The molecule has 10 heteroatoms. The van der Waals surface area contributed by atoms with Gasteiger partial charge in [-0.05, 0) is 42.0 Å². The van der Waals surface area contributed by atoms with Crippen molar-refractivity contribution in [2.24, 2.45) is 7.05 Å². The zero-order valence-electron chi connectivity index (χ0n) is 18.0. The second-order valence-corrected chi connectivity index (χ2v) is 7.92. The van der Waals surface area contributed by atoms with Crippen molar-refractivity contribution in [1.29, 1.82) is 0 Å². The van der Waals surface area contributed by atoms with Gasteiger partial charge in [-0.2, -0.15) is 5.10 Å². The maximum Gasteiger partial charge on any atom is 0.573 e. The summed E-state index contributed by atoms with van der Waals surface area (Å²) in [5.41, 5.74) is 1.11. The zero-order chi connectivity index (χ0) is 23.9. The summed E-state index contributed by atoms with van der Waals surface area (Å²) >= 11 is 0. The van der Waals surface area contributed by atoms with Gasteiger partial charge in [0.25, 0.3) is 5.91 Å². The van der Waals surface area contributed by atoms with Crippen LogP contribution in [-0.4, -0.2) is 33.6 Å². The number of alkyl halides is 3. The molecule has 0 saturated carbocycles. The van der Waals surface area contributed by atoms with E-state index in [-0.39, 0.29) is 18.3 Å². The number of fused-ring (bicyclic) bond motifs is 2. The summed E-state index contributed by atoms with van der Waals surface area (Å²) in [6.07, 6.45) is -1.18. The van der Waals surface area contributed by atoms with Gasteiger partial charge in [0.15, 0.2) is 0 Å². The smallest absolute Gasteiger partial charge is 0.491 e. The molecule has 0 aliphatic carbocycles. The lowest BCUT2D eigenvalue weighted by Crippen LogP contribution is -2.50. The lowest BCUT2D eigenvalue weighted by atomic mass is 9.81. The number of nitrogens with one attached hydrogen (secondary N) is 1. The molecule has 1 aliphatic rings. The number of carbonyl (C=O) groups is 1. The minimum atomic E-state index is -4.80. The molecule has 4 aromatic rings. The van der Waals surface area contributed by atoms with Crippen molar-refractivity contribution < 1.29 is 27.4 Å². The van der Waals surface area contributed by atoms with Crippen LogP contribution in [0.15, 0.2) is 67.0 Å². The number of halogens is 3. The molecule has 3 heterocycles. The molecule has 0 spiro atoms. The van der Waals surface area contributed by atoms with Gasteiger partial charge in [0.2, 0.25) is 0 Å². The van der Waals surface area contributed by atoms with E-state index >= 15 is 0 Å². The van der Waals surface area contributed by atoms with Gasteiger partial charge in [0.1, 0.15) is 22.7 Å². The molecule has 0 fully saturated rings. The summed E-state index contributed by atoms with van der Waals surface area (Å²) < 4.78 is 49.3. The Kier molecular flexibility index (Phi) is 5.15. The van der Waals surface area contributed by atoms with Crippen LogP contribution in [-0.2, 0) is 12.6 Å². The highest BCUT2D eigenvalue weighted by Gasteiger charge is 2.43. The molecule has 1 atom stereocenters. The molecule has 0 radical (unpaired) electrons. The standard InChI is InChI=1S/C24H19F3N4O3/c1-31-19-13-15(4-5-16(19)14-29-31)22(32)30-23(10-12-33-20-3-2-11-28-21(20)23)17-6-8-18(9-7-17)34-24(25,26)27/h2-9,11,13-14H,10,12H2,1H3,(H,30,32). The largest absolute Gasteiger partial charge is 0.573 e. The number of rotatable bonds is 4. The van der Waals surface area contributed by atoms with E-state index in [1.807, 2.05) is 6.07 Å². The van der Waals surface area contributed by atoms with Crippen molar-refractivity contribution in [1.82, 2.24) is 20.1 Å². The monoisotopic (exact) mass is 468 g/mol. The first-order valence-electron chi connectivity index (χ1n) is 10.4. The molecule has 34 heavy (non-hydrogen) atoms. The SMILES string of the molecule is Cn1ncc2ccc(C(=O)NC3(c4ccc(OC(F)(F)F)cc4)CCOc4cccnc43)cc21. The van der Waals surface area contributed by atoms with Crippen molar-refractivity contribution in [3.63, 3.8) is 0 Å². The number of nitrogens with zero attached hydrogens (tertiary/aromatic N) is 3. The van der Waals surface area contributed by atoms with Crippen LogP contribution >= 0.6 is 0 Å². The Bertz CT molecular complexity index is 1370. The number of carbonyl (C=O) groups excluding carboxylic acids is 1. The number of hydrogen-bond donors (Lipinski definition) is 1. The Balaban J connectivity index is 1.57. The van der Waals surface area contributed by atoms with E-state index < -0.39 is 11.9 Å². The summed E-state index contributed by atoms with van der Waals surface area (Å²) in [5, 5.41) is 8.19. The van der Waals surface area contributed by atoms with Crippen molar-refractivity contribution in [2.45, 2.75) is 18.3 Å². The second kappa shape index (κ2) is 8.05. The minimum Gasteiger partial charge on any atom is -0.491 e. The summed E-state index contributed by atoms with van der Waals surface area (Å²) in [5.74, 6) is -0.225. The van der Waals surface area contributed by atoms with Crippen molar-refractivity contribution in [3.05, 3.63) is 83.8 Å². The van der Waals surface area contributed by atoms with Crippen LogP contribution in [0.4, 0.5) is 13.2 Å². The number of aryl methyl sites for hydroxylation is 1. The summed E-state index contributed by atoms with van der Waals surface area (Å²) in [7, 11) is 1.79. The van der Waals surface area contributed by atoms with Crippen LogP contribution in [0.2, 0.25) is 0 Å². The van der Waals surface area contributed by atoms with Gasteiger partial charge in [-0.3, -0.25) is 14.5 Å². The summed E-state index contributed by atoms with van der Waals surface area (Å²) in [6.45, 7) is 0.278. The zero-order valence-corrected chi connectivity index (χ0v) is 18.0. The van der Waals surface area contributed by atoms with Crippen molar-refractivity contribution in [3.8, 4) is 11.5 Å². The van der Waals surface area contributed by atoms with Gasteiger partial charge < -0.3 is 14.8 Å². The number of benzene rings is 2. The van der Waals surface area contributed by atoms with Crippen LogP contribution in [0.3, 0.4) is 0 Å². The molecule has 1 amide bonds. The maximum atomic E-state index is 13.4. The lowest BCUT2D eigenvalue weighted by Gasteiger charge is -2.39. The highest BCUT2D eigenvalue weighted by molar-refractivity contribution is 5.98. The first-order chi connectivity index (χ1) is 16.2. The number of hydrogen-bond acceptors (Lipinski definition) is 5. The Morgan fingerprint density at radius 3 is 2.74 bits per heavy atom. The van der Waals surface area contributed by atoms with E-state index in [0.717, 1.165) is 10.9 Å². The molecule has 0 saturated heterocycles. The van der Waals surface area contributed by atoms with E-state index in [1.54, 1.807) is 48.4 Å². The quantitative estimate of drug-likeness (QED) is 0.483. The van der Waals surface area contributed by atoms with Gasteiger partial charge in [-0.15, -0.1) is 13.2 Å². The van der Waals surface area contributed by atoms with Gasteiger partial charge >= 0.3 is 6.36 Å². The van der Waals surface area contributed by atoms with E-state index in [2.05, 4.69) is 20.1 Å². The van der Waals surface area contributed by atoms with Gasteiger partial charge in [-0.1, -0.05) is 18.2 Å². The summed E-state index contributed by atoms with van der Waals surface area (Å²) in [4.78, 5) is 17.9. The van der Waals surface area contributed by atoms with Crippen LogP contribution in [0.25, 0.3) is 10.9 Å². The van der Waals surface area contributed by atoms with Crippen LogP contribution < -0.4 is 14.8 Å². The molecule has 7 nitrogen and oxygen atoms in total. The van der Waals surface area contributed by atoms with E-state index in [9.17, 15) is 18.0 Å². The fourth-order valence-electron chi connectivity index (χ4n) is 4.23. The van der Waals surface area contributed by atoms with Crippen LogP contribution in [0.1, 0.15) is 28.0 Å². The first kappa shape index (κ1) is 21.7. The maximum absolute atomic E-state index is 13.4. The van der Waals surface area contributed by atoms with Crippen molar-refractivity contribution in [2.75, 3.05) is 6.61 Å². The minimum absolute atomic E-state index is 0.278. The average Bonchev–Trinajstić information content (AvgIpc) is 3.19. The van der Waals surface area contributed by atoms with Gasteiger partial charge in [0, 0.05) is 30.6 Å². The first-order valence-corrected chi connectivity index (χ1v) is 10.4. The fraction of sp³-hybridized carbons (Fsp3) is 0.208. The van der Waals surface area contributed by atoms with E-state index in [0.29, 0.717) is 29.0 Å². The molecule has 2 aromatic heterocycles. The van der Waals surface area contributed by atoms with Gasteiger partial charge in [-0.25, -0.2) is 0 Å².